The molecular formula is C24H34N2OS. The highest BCUT2D eigenvalue weighted by atomic mass is 32.2. The van der Waals surface area contributed by atoms with Gasteiger partial charge >= 0.3 is 0 Å². The van der Waals surface area contributed by atoms with Crippen LogP contribution in [0.1, 0.15) is 34.6 Å². The summed E-state index contributed by atoms with van der Waals surface area (Å²) in [6.07, 6.45) is 10.3. The lowest BCUT2D eigenvalue weighted by Gasteiger charge is -2.26. The van der Waals surface area contributed by atoms with E-state index in [-0.39, 0.29) is 5.91 Å². The summed E-state index contributed by atoms with van der Waals surface area (Å²) < 4.78 is 0. The van der Waals surface area contributed by atoms with Crippen molar-refractivity contribution in [3.05, 3.63) is 76.9 Å². The third-order valence-corrected chi connectivity index (χ3v) is 5.60. The van der Waals surface area contributed by atoms with Crippen LogP contribution in [0.2, 0.25) is 0 Å². The quantitative estimate of drug-likeness (QED) is 0.400. The maximum Gasteiger partial charge on any atom is 0.223 e. The first kappa shape index (κ1) is 24.0. The lowest BCUT2D eigenvalue weighted by atomic mass is 10.1. The molecule has 0 aliphatic rings. The van der Waals surface area contributed by atoms with Gasteiger partial charge in [0.15, 0.2) is 0 Å². The molecule has 0 radical (unpaired) electrons. The summed E-state index contributed by atoms with van der Waals surface area (Å²) in [4.78, 5) is 16.3. The Morgan fingerprint density at radius 1 is 1.14 bits per heavy atom. The Balaban J connectivity index is 3.11. The summed E-state index contributed by atoms with van der Waals surface area (Å²) >= 11 is 1.74. The molecule has 1 aromatic rings. The second-order valence-corrected chi connectivity index (χ2v) is 7.95. The first-order valence-electron chi connectivity index (χ1n) is 9.76. The van der Waals surface area contributed by atoms with E-state index < -0.39 is 0 Å². The molecular weight excluding hydrogens is 364 g/mol. The molecule has 1 amide bonds. The zero-order valence-electron chi connectivity index (χ0n) is 18.0. The molecule has 0 aromatic heterocycles. The van der Waals surface area contributed by atoms with Gasteiger partial charge in [-0.3, -0.25) is 4.79 Å². The number of hydrogen-bond acceptors (Lipinski definition) is 3. The number of carbonyl (C=O) groups is 1. The van der Waals surface area contributed by atoms with Gasteiger partial charge in [-0.15, -0.1) is 0 Å². The number of thioether (sulfide) groups is 1. The third kappa shape index (κ3) is 8.32. The average Bonchev–Trinajstić information content (AvgIpc) is 2.68. The smallest absolute Gasteiger partial charge is 0.223 e. The summed E-state index contributed by atoms with van der Waals surface area (Å²) in [7, 11) is 1.86. The fraction of sp³-hybridized carbons (Fsp3) is 0.375. The van der Waals surface area contributed by atoms with Crippen molar-refractivity contribution < 1.29 is 4.79 Å². The van der Waals surface area contributed by atoms with Crippen LogP contribution in [0.15, 0.2) is 81.8 Å². The molecule has 0 heterocycles. The Bertz CT molecular complexity index is 730. The van der Waals surface area contributed by atoms with E-state index in [1.165, 1.54) is 15.4 Å². The Hall–Kier alpha value is -2.04. The minimum Gasteiger partial charge on any atom is -0.317 e. The van der Waals surface area contributed by atoms with Crippen LogP contribution in [-0.4, -0.2) is 30.9 Å². The number of rotatable bonds is 10. The lowest BCUT2D eigenvalue weighted by molar-refractivity contribution is -0.125. The highest BCUT2D eigenvalue weighted by Crippen LogP contribution is 2.34. The molecule has 0 bridgehead atoms. The van der Waals surface area contributed by atoms with Gasteiger partial charge in [0.2, 0.25) is 5.91 Å². The third-order valence-electron chi connectivity index (χ3n) is 4.16. The Labute approximate surface area is 175 Å². The van der Waals surface area contributed by atoms with Crippen molar-refractivity contribution in [2.45, 2.75) is 39.5 Å². The minimum atomic E-state index is 0.0433. The number of amides is 1. The van der Waals surface area contributed by atoms with E-state index >= 15 is 0 Å². The van der Waals surface area contributed by atoms with Crippen molar-refractivity contribution in [3.8, 4) is 0 Å². The van der Waals surface area contributed by atoms with Crippen molar-refractivity contribution in [2.75, 3.05) is 20.1 Å². The van der Waals surface area contributed by atoms with Crippen LogP contribution in [0.5, 0.6) is 0 Å². The number of allylic oxidation sites excluding steroid dienone is 5. The maximum atomic E-state index is 12.1. The van der Waals surface area contributed by atoms with Gasteiger partial charge in [-0.1, -0.05) is 74.2 Å². The van der Waals surface area contributed by atoms with E-state index in [9.17, 15) is 4.79 Å². The van der Waals surface area contributed by atoms with Gasteiger partial charge in [0.1, 0.15) is 0 Å². The van der Waals surface area contributed by atoms with Crippen LogP contribution in [0.4, 0.5) is 0 Å². The van der Waals surface area contributed by atoms with E-state index in [1.54, 1.807) is 23.6 Å². The SMILES string of the molecule is C\C=C/C(=C\C=C\C)CNC/C(=C(\Sc1ccccc1)C(C)C)N(C)C(C)=O. The molecule has 0 atom stereocenters. The largest absolute Gasteiger partial charge is 0.317 e. The van der Waals surface area contributed by atoms with Gasteiger partial charge in [0.05, 0.1) is 0 Å². The van der Waals surface area contributed by atoms with Crippen molar-refractivity contribution in [3.63, 3.8) is 0 Å². The number of benzene rings is 1. The Morgan fingerprint density at radius 3 is 2.36 bits per heavy atom. The number of likely N-dealkylation sites (N-methyl/N-ethyl adjacent to an activating group) is 1. The van der Waals surface area contributed by atoms with E-state index in [4.69, 9.17) is 0 Å². The molecule has 4 heteroatoms. The standard InChI is InChI=1S/C24H34N2OS/c1-7-9-14-21(13-8-2)17-25-18-23(26(6)20(5)27)24(19(3)4)28-22-15-11-10-12-16-22/h7-16,19,25H,17-18H2,1-6H3/b9-7+,13-8-,21-14+,24-23+. The van der Waals surface area contributed by atoms with Crippen molar-refractivity contribution in [2.24, 2.45) is 5.92 Å². The normalized spacial score (nSPS) is 13.5. The summed E-state index contributed by atoms with van der Waals surface area (Å²) in [5.74, 6) is 0.360. The van der Waals surface area contributed by atoms with E-state index in [2.05, 4.69) is 43.4 Å². The topological polar surface area (TPSA) is 32.3 Å². The van der Waals surface area contributed by atoms with E-state index in [1.807, 2.05) is 57.3 Å². The molecule has 0 spiro atoms. The van der Waals surface area contributed by atoms with Crippen LogP contribution >= 0.6 is 11.8 Å². The van der Waals surface area contributed by atoms with E-state index in [0.717, 1.165) is 12.2 Å². The van der Waals surface area contributed by atoms with Gasteiger partial charge in [-0.05, 0) is 37.5 Å². The van der Waals surface area contributed by atoms with Gasteiger partial charge < -0.3 is 10.2 Å². The summed E-state index contributed by atoms with van der Waals surface area (Å²) in [6, 6.07) is 10.3. The van der Waals surface area contributed by atoms with Crippen molar-refractivity contribution in [1.29, 1.82) is 0 Å². The second-order valence-electron chi connectivity index (χ2n) is 6.83. The predicted octanol–water partition coefficient (Wildman–Crippen LogP) is 5.79. The summed E-state index contributed by atoms with van der Waals surface area (Å²) in [5, 5.41) is 3.52. The monoisotopic (exact) mass is 398 g/mol. The Kier molecular flexibility index (Phi) is 11.3. The molecule has 0 fully saturated rings. The van der Waals surface area contributed by atoms with Crippen molar-refractivity contribution in [1.82, 2.24) is 10.2 Å². The zero-order chi connectivity index (χ0) is 20.9. The molecule has 0 aliphatic heterocycles. The molecule has 28 heavy (non-hydrogen) atoms. The number of nitrogens with zero attached hydrogens (tertiary/aromatic N) is 1. The molecule has 1 rings (SSSR count). The molecule has 3 nitrogen and oxygen atoms in total. The first-order valence-corrected chi connectivity index (χ1v) is 10.6. The first-order chi connectivity index (χ1) is 13.4. The van der Waals surface area contributed by atoms with Gasteiger partial charge in [0, 0.05) is 42.6 Å². The number of nitrogens with one attached hydrogen (secondary N) is 1. The van der Waals surface area contributed by atoms with Crippen LogP contribution in [-0.2, 0) is 4.79 Å². The molecule has 1 N–H and O–H groups in total. The number of carbonyl (C=O) groups excluding carboxylic acids is 1. The molecule has 0 unspecified atom stereocenters. The molecule has 0 aliphatic carbocycles. The fourth-order valence-corrected chi connectivity index (χ4v) is 3.73. The summed E-state index contributed by atoms with van der Waals surface area (Å²) in [6.45, 7) is 11.4. The molecule has 0 saturated heterocycles. The van der Waals surface area contributed by atoms with Gasteiger partial charge in [-0.25, -0.2) is 0 Å². The maximum absolute atomic E-state index is 12.1. The van der Waals surface area contributed by atoms with Crippen LogP contribution in [0, 0.1) is 5.92 Å². The van der Waals surface area contributed by atoms with Crippen LogP contribution in [0.25, 0.3) is 0 Å². The average molecular weight is 399 g/mol. The lowest BCUT2D eigenvalue weighted by Crippen LogP contribution is -2.32. The number of hydrogen-bond donors (Lipinski definition) is 1. The van der Waals surface area contributed by atoms with Crippen LogP contribution in [0.3, 0.4) is 0 Å². The predicted molar refractivity (Wildman–Crippen MR) is 123 cm³/mol. The highest BCUT2D eigenvalue weighted by Gasteiger charge is 2.18. The zero-order valence-corrected chi connectivity index (χ0v) is 18.8. The molecule has 152 valence electrons. The minimum absolute atomic E-state index is 0.0433. The fourth-order valence-electron chi connectivity index (χ4n) is 2.62. The van der Waals surface area contributed by atoms with Crippen molar-refractivity contribution >= 4 is 17.7 Å². The highest BCUT2D eigenvalue weighted by molar-refractivity contribution is 8.03. The molecule has 0 saturated carbocycles. The Morgan fingerprint density at radius 2 is 1.82 bits per heavy atom. The van der Waals surface area contributed by atoms with E-state index in [0.29, 0.717) is 12.5 Å². The summed E-state index contributed by atoms with van der Waals surface area (Å²) in [5.41, 5.74) is 2.23. The van der Waals surface area contributed by atoms with Gasteiger partial charge in [-0.2, -0.15) is 0 Å². The van der Waals surface area contributed by atoms with Gasteiger partial charge in [0.25, 0.3) is 0 Å². The second kappa shape index (κ2) is 13.2. The van der Waals surface area contributed by atoms with Crippen LogP contribution < -0.4 is 5.32 Å². The molecule has 1 aromatic carbocycles.